The van der Waals surface area contributed by atoms with E-state index in [4.69, 9.17) is 11.8 Å². The van der Waals surface area contributed by atoms with Crippen molar-refractivity contribution < 1.29 is 8.42 Å². The van der Waals surface area contributed by atoms with Gasteiger partial charge in [-0.25, -0.2) is 13.3 Å². The van der Waals surface area contributed by atoms with Crippen molar-refractivity contribution in [3.8, 4) is 0 Å². The first-order chi connectivity index (χ1) is 4.06. The topological polar surface area (TPSA) is 46.2 Å². The van der Waals surface area contributed by atoms with Crippen molar-refractivity contribution in [2.75, 3.05) is 18.6 Å². The Morgan fingerprint density at radius 3 is 2.44 bits per heavy atom. The number of hydrogen-bond donors (Lipinski definition) is 1. The summed E-state index contributed by atoms with van der Waals surface area (Å²) in [6.07, 6.45) is 1.78. The SMILES string of the molecule is CS(=O)(=O)CCCNCl. The highest BCUT2D eigenvalue weighted by Gasteiger charge is 1.99. The van der Waals surface area contributed by atoms with Gasteiger partial charge in [0.1, 0.15) is 9.84 Å². The lowest BCUT2D eigenvalue weighted by molar-refractivity contribution is 0.599. The van der Waals surface area contributed by atoms with Gasteiger partial charge in [0.15, 0.2) is 0 Å². The Labute approximate surface area is 60.4 Å². The zero-order valence-electron chi connectivity index (χ0n) is 5.22. The lowest BCUT2D eigenvalue weighted by Crippen LogP contribution is -2.09. The van der Waals surface area contributed by atoms with E-state index in [0.29, 0.717) is 13.0 Å². The Balaban J connectivity index is 3.30. The van der Waals surface area contributed by atoms with E-state index in [1.54, 1.807) is 0 Å². The number of hydrogen-bond acceptors (Lipinski definition) is 3. The third kappa shape index (κ3) is 8.20. The minimum Gasteiger partial charge on any atom is -0.234 e. The molecule has 0 heterocycles. The highest BCUT2D eigenvalue weighted by Crippen LogP contribution is 1.86. The van der Waals surface area contributed by atoms with Crippen LogP contribution in [0.4, 0.5) is 0 Å². The number of nitrogens with one attached hydrogen (secondary N) is 1. The second-order valence-electron chi connectivity index (χ2n) is 1.87. The van der Waals surface area contributed by atoms with E-state index in [9.17, 15) is 8.42 Å². The summed E-state index contributed by atoms with van der Waals surface area (Å²) in [7, 11) is -2.80. The summed E-state index contributed by atoms with van der Waals surface area (Å²) in [6, 6.07) is 0. The second-order valence-corrected chi connectivity index (χ2v) is 4.39. The summed E-state index contributed by atoms with van der Waals surface area (Å²) in [5, 5.41) is 0. The molecule has 0 saturated heterocycles. The van der Waals surface area contributed by atoms with Crippen LogP contribution in [0.3, 0.4) is 0 Å². The molecule has 1 N–H and O–H groups in total. The van der Waals surface area contributed by atoms with E-state index in [-0.39, 0.29) is 5.75 Å². The second kappa shape index (κ2) is 4.09. The molecule has 0 fully saturated rings. The van der Waals surface area contributed by atoms with Crippen LogP contribution in [-0.4, -0.2) is 27.0 Å². The average molecular weight is 172 g/mol. The lowest BCUT2D eigenvalue weighted by atomic mass is 10.5. The maximum absolute atomic E-state index is 10.4. The largest absolute Gasteiger partial charge is 0.234 e. The van der Waals surface area contributed by atoms with E-state index in [0.717, 1.165) is 0 Å². The van der Waals surface area contributed by atoms with Gasteiger partial charge in [-0.2, -0.15) is 0 Å². The zero-order chi connectivity index (χ0) is 7.33. The first-order valence-electron chi connectivity index (χ1n) is 2.57. The van der Waals surface area contributed by atoms with Crippen molar-refractivity contribution in [2.24, 2.45) is 0 Å². The number of sulfone groups is 1. The van der Waals surface area contributed by atoms with Gasteiger partial charge in [0.2, 0.25) is 0 Å². The monoisotopic (exact) mass is 171 g/mol. The Hall–Kier alpha value is 0.200. The molecule has 0 aromatic heterocycles. The van der Waals surface area contributed by atoms with E-state index < -0.39 is 9.84 Å². The van der Waals surface area contributed by atoms with Gasteiger partial charge in [-0.1, -0.05) is 0 Å². The van der Waals surface area contributed by atoms with Crippen molar-refractivity contribution in [2.45, 2.75) is 6.42 Å². The molecule has 0 aliphatic heterocycles. The molecule has 0 aromatic rings. The van der Waals surface area contributed by atoms with Gasteiger partial charge < -0.3 is 0 Å². The van der Waals surface area contributed by atoms with Crippen LogP contribution in [-0.2, 0) is 9.84 Å². The van der Waals surface area contributed by atoms with Gasteiger partial charge >= 0.3 is 0 Å². The zero-order valence-corrected chi connectivity index (χ0v) is 6.80. The van der Waals surface area contributed by atoms with Crippen LogP contribution < -0.4 is 4.84 Å². The fourth-order valence-corrected chi connectivity index (χ4v) is 1.20. The molecule has 0 aliphatic rings. The summed E-state index contributed by atoms with van der Waals surface area (Å²) >= 11 is 5.09. The first kappa shape index (κ1) is 9.20. The Morgan fingerprint density at radius 1 is 1.56 bits per heavy atom. The molecule has 0 aliphatic carbocycles. The molecule has 0 amide bonds. The third-order valence-corrected chi connectivity index (χ3v) is 2.01. The summed E-state index contributed by atoms with van der Waals surface area (Å²) in [4.78, 5) is 2.35. The van der Waals surface area contributed by atoms with E-state index in [2.05, 4.69) is 4.84 Å². The van der Waals surface area contributed by atoms with Gasteiger partial charge in [-0.3, -0.25) is 0 Å². The van der Waals surface area contributed by atoms with E-state index in [1.807, 2.05) is 0 Å². The molecule has 0 unspecified atom stereocenters. The van der Waals surface area contributed by atoms with Gasteiger partial charge in [0.05, 0.1) is 5.75 Å². The third-order valence-electron chi connectivity index (χ3n) is 0.786. The minimum absolute atomic E-state index is 0.201. The van der Waals surface area contributed by atoms with Crippen molar-refractivity contribution in [3.05, 3.63) is 0 Å². The van der Waals surface area contributed by atoms with Gasteiger partial charge in [-0.15, -0.1) is 0 Å². The molecule has 0 saturated carbocycles. The van der Waals surface area contributed by atoms with Gasteiger partial charge in [-0.05, 0) is 18.2 Å². The molecule has 56 valence electrons. The fraction of sp³-hybridized carbons (Fsp3) is 1.00. The van der Waals surface area contributed by atoms with Gasteiger partial charge in [0.25, 0.3) is 0 Å². The quantitative estimate of drug-likeness (QED) is 0.485. The summed E-state index contributed by atoms with van der Waals surface area (Å²) in [5.41, 5.74) is 0. The maximum Gasteiger partial charge on any atom is 0.147 e. The number of rotatable bonds is 4. The maximum atomic E-state index is 10.4. The fourth-order valence-electron chi connectivity index (χ4n) is 0.401. The Morgan fingerprint density at radius 2 is 2.11 bits per heavy atom. The molecule has 3 nitrogen and oxygen atoms in total. The molecular formula is C4H10ClNO2S. The summed E-state index contributed by atoms with van der Waals surface area (Å²) in [6.45, 7) is 0.536. The van der Waals surface area contributed by atoms with Crippen LogP contribution in [0, 0.1) is 0 Å². The van der Waals surface area contributed by atoms with E-state index >= 15 is 0 Å². The molecular weight excluding hydrogens is 162 g/mol. The van der Waals surface area contributed by atoms with Crippen molar-refractivity contribution in [3.63, 3.8) is 0 Å². The molecule has 0 spiro atoms. The molecule has 0 atom stereocenters. The van der Waals surface area contributed by atoms with Crippen LogP contribution in [0.5, 0.6) is 0 Å². The number of halogens is 1. The normalized spacial score (nSPS) is 11.8. The average Bonchev–Trinajstić information content (AvgIpc) is 1.63. The molecule has 0 bridgehead atoms. The Bertz CT molecular complexity index is 154. The first-order valence-corrected chi connectivity index (χ1v) is 5.01. The molecule has 9 heavy (non-hydrogen) atoms. The van der Waals surface area contributed by atoms with Crippen LogP contribution in [0.1, 0.15) is 6.42 Å². The van der Waals surface area contributed by atoms with Crippen molar-refractivity contribution in [1.29, 1.82) is 0 Å². The van der Waals surface area contributed by atoms with E-state index in [1.165, 1.54) is 6.26 Å². The van der Waals surface area contributed by atoms with Crippen LogP contribution in [0.2, 0.25) is 0 Å². The van der Waals surface area contributed by atoms with Crippen LogP contribution >= 0.6 is 11.8 Å². The summed E-state index contributed by atoms with van der Waals surface area (Å²) in [5.74, 6) is 0.201. The van der Waals surface area contributed by atoms with Gasteiger partial charge in [0, 0.05) is 12.8 Å². The van der Waals surface area contributed by atoms with Crippen LogP contribution in [0.25, 0.3) is 0 Å². The molecule has 0 radical (unpaired) electrons. The van der Waals surface area contributed by atoms with Crippen molar-refractivity contribution in [1.82, 2.24) is 4.84 Å². The smallest absolute Gasteiger partial charge is 0.147 e. The highest BCUT2D eigenvalue weighted by molar-refractivity contribution is 7.90. The summed E-state index contributed by atoms with van der Waals surface area (Å²) < 4.78 is 20.9. The lowest BCUT2D eigenvalue weighted by Gasteiger charge is -1.94. The predicted octanol–water partition coefficient (Wildman–Crippen LogP) is 0.165. The highest BCUT2D eigenvalue weighted by atomic mass is 35.5. The molecule has 0 aromatic carbocycles. The Kier molecular flexibility index (Phi) is 4.18. The minimum atomic E-state index is -2.80. The van der Waals surface area contributed by atoms with Crippen LogP contribution in [0.15, 0.2) is 0 Å². The predicted molar refractivity (Wildman–Crippen MR) is 38.2 cm³/mol. The molecule has 0 rings (SSSR count). The van der Waals surface area contributed by atoms with Crippen molar-refractivity contribution >= 4 is 21.6 Å². The molecule has 5 heteroatoms. The standard InChI is InChI=1S/C4H10ClNO2S/c1-9(7,8)4-2-3-6-5/h6H,2-4H2,1H3.